The van der Waals surface area contributed by atoms with Gasteiger partial charge in [-0.1, -0.05) is 65.6 Å². The number of rotatable bonds is 6. The van der Waals surface area contributed by atoms with Crippen LogP contribution in [0.15, 0.2) is 28.8 Å². The van der Waals surface area contributed by atoms with Crippen LogP contribution in [0.2, 0.25) is 5.02 Å². The highest BCUT2D eigenvalue weighted by molar-refractivity contribution is 9.09. The second kappa shape index (κ2) is 7.62. The van der Waals surface area contributed by atoms with Crippen LogP contribution >= 0.6 is 27.5 Å². The first-order valence-corrected chi connectivity index (χ1v) is 8.81. The van der Waals surface area contributed by atoms with E-state index in [9.17, 15) is 5.11 Å². The smallest absolute Gasteiger partial charge is 0.143 e. The number of aliphatic hydroxyl groups excluding tert-OH is 1. The van der Waals surface area contributed by atoms with Crippen LogP contribution in [0.5, 0.6) is 0 Å². The van der Waals surface area contributed by atoms with Gasteiger partial charge >= 0.3 is 0 Å². The van der Waals surface area contributed by atoms with E-state index in [4.69, 9.17) is 16.1 Å². The molecule has 22 heavy (non-hydrogen) atoms. The molecule has 2 aromatic rings. The lowest BCUT2D eigenvalue weighted by atomic mass is 9.94. The molecule has 120 valence electrons. The first kappa shape index (κ1) is 17.5. The average Bonchev–Trinajstić information content (AvgIpc) is 2.90. The third kappa shape index (κ3) is 3.73. The molecule has 1 N–H and O–H groups in total. The number of halogens is 2. The standard InChI is InChI=1S/C17H21BrClNO2/c1-4-5-13-14(16(20-22-13)15(18)10(2)3)17(21)11-6-8-12(19)9-7-11/h6-10,15,17,21H,4-5H2,1-3H3. The van der Waals surface area contributed by atoms with Gasteiger partial charge in [-0.2, -0.15) is 0 Å². The van der Waals surface area contributed by atoms with Gasteiger partial charge in [0.15, 0.2) is 0 Å². The molecule has 2 unspecified atom stereocenters. The first-order chi connectivity index (χ1) is 10.5. The van der Waals surface area contributed by atoms with E-state index < -0.39 is 6.10 Å². The minimum Gasteiger partial charge on any atom is -0.383 e. The number of hydrogen-bond donors (Lipinski definition) is 1. The summed E-state index contributed by atoms with van der Waals surface area (Å²) in [5.74, 6) is 1.10. The Bertz CT molecular complexity index is 610. The number of benzene rings is 1. The fourth-order valence-electron chi connectivity index (χ4n) is 2.37. The van der Waals surface area contributed by atoms with Crippen molar-refractivity contribution in [1.29, 1.82) is 0 Å². The van der Waals surface area contributed by atoms with Gasteiger partial charge < -0.3 is 9.63 Å². The Morgan fingerprint density at radius 1 is 1.27 bits per heavy atom. The van der Waals surface area contributed by atoms with Crippen molar-refractivity contribution in [1.82, 2.24) is 5.16 Å². The van der Waals surface area contributed by atoms with Crippen LogP contribution in [0.4, 0.5) is 0 Å². The second-order valence-corrected chi connectivity index (χ2v) is 7.18. The molecule has 0 fully saturated rings. The van der Waals surface area contributed by atoms with Gasteiger partial charge in [-0.3, -0.25) is 0 Å². The number of hydrogen-bond acceptors (Lipinski definition) is 3. The van der Waals surface area contributed by atoms with E-state index in [-0.39, 0.29) is 4.83 Å². The zero-order chi connectivity index (χ0) is 16.3. The van der Waals surface area contributed by atoms with Gasteiger partial charge in [0.1, 0.15) is 17.6 Å². The van der Waals surface area contributed by atoms with Gasteiger partial charge in [-0.25, -0.2) is 0 Å². The highest BCUT2D eigenvalue weighted by Gasteiger charge is 2.28. The average molecular weight is 387 g/mol. The molecular formula is C17H21BrClNO2. The summed E-state index contributed by atoms with van der Waals surface area (Å²) in [6.07, 6.45) is 0.924. The van der Waals surface area contributed by atoms with Crippen LogP contribution < -0.4 is 0 Å². The van der Waals surface area contributed by atoms with Crippen LogP contribution in [-0.2, 0) is 6.42 Å². The van der Waals surface area contributed by atoms with Crippen molar-refractivity contribution in [2.45, 2.75) is 44.5 Å². The molecule has 1 heterocycles. The molecule has 0 radical (unpaired) electrons. The molecule has 0 spiro atoms. The SMILES string of the molecule is CCCc1onc(C(Br)C(C)C)c1C(O)c1ccc(Cl)cc1. The Morgan fingerprint density at radius 3 is 2.45 bits per heavy atom. The predicted octanol–water partition coefficient (Wildman–Crippen LogP) is 5.45. The molecule has 2 rings (SSSR count). The molecule has 2 atom stereocenters. The Labute approximate surface area is 144 Å². The zero-order valence-corrected chi connectivity index (χ0v) is 15.4. The lowest BCUT2D eigenvalue weighted by Crippen LogP contribution is -2.09. The molecule has 5 heteroatoms. The Balaban J connectivity index is 2.45. The first-order valence-electron chi connectivity index (χ1n) is 7.51. The van der Waals surface area contributed by atoms with E-state index in [0.29, 0.717) is 10.9 Å². The minimum absolute atomic E-state index is 0.0406. The van der Waals surface area contributed by atoms with E-state index in [2.05, 4.69) is 41.9 Å². The molecule has 0 aliphatic heterocycles. The maximum Gasteiger partial charge on any atom is 0.143 e. The zero-order valence-electron chi connectivity index (χ0n) is 13.0. The van der Waals surface area contributed by atoms with Crippen molar-refractivity contribution >= 4 is 27.5 Å². The van der Waals surface area contributed by atoms with Gasteiger partial charge in [0.2, 0.25) is 0 Å². The van der Waals surface area contributed by atoms with Gasteiger partial charge in [-0.05, 0) is 30.0 Å². The highest BCUT2D eigenvalue weighted by atomic mass is 79.9. The Hall–Kier alpha value is -0.840. The van der Waals surface area contributed by atoms with Crippen molar-refractivity contribution < 1.29 is 9.63 Å². The third-order valence-electron chi connectivity index (χ3n) is 3.61. The van der Waals surface area contributed by atoms with E-state index in [1.165, 1.54) is 0 Å². The van der Waals surface area contributed by atoms with Gasteiger partial charge in [0.05, 0.1) is 10.4 Å². The number of aryl methyl sites for hydroxylation is 1. The van der Waals surface area contributed by atoms with Crippen molar-refractivity contribution in [3.05, 3.63) is 51.9 Å². The van der Waals surface area contributed by atoms with Crippen molar-refractivity contribution in [3.8, 4) is 0 Å². The van der Waals surface area contributed by atoms with Crippen molar-refractivity contribution in [3.63, 3.8) is 0 Å². The number of aliphatic hydroxyl groups is 1. The molecule has 0 saturated carbocycles. The third-order valence-corrected chi connectivity index (χ3v) is 5.36. The van der Waals surface area contributed by atoms with Crippen LogP contribution in [0.25, 0.3) is 0 Å². The van der Waals surface area contributed by atoms with Crippen molar-refractivity contribution in [2.24, 2.45) is 5.92 Å². The summed E-state index contributed by atoms with van der Waals surface area (Å²) in [5.41, 5.74) is 2.34. The molecule has 3 nitrogen and oxygen atoms in total. The molecule has 0 aliphatic carbocycles. The van der Waals surface area contributed by atoms with Crippen LogP contribution in [-0.4, -0.2) is 10.3 Å². The Kier molecular flexibility index (Phi) is 6.07. The molecule has 0 saturated heterocycles. The fourth-order valence-corrected chi connectivity index (χ4v) is 2.83. The molecule has 1 aromatic carbocycles. The van der Waals surface area contributed by atoms with Crippen molar-refractivity contribution in [2.75, 3.05) is 0 Å². The highest BCUT2D eigenvalue weighted by Crippen LogP contribution is 2.38. The quantitative estimate of drug-likeness (QED) is 0.671. The van der Waals surface area contributed by atoms with E-state index in [0.717, 1.165) is 35.4 Å². The maximum absolute atomic E-state index is 10.8. The lowest BCUT2D eigenvalue weighted by molar-refractivity contribution is 0.216. The number of alkyl halides is 1. The summed E-state index contributed by atoms with van der Waals surface area (Å²) < 4.78 is 5.51. The van der Waals surface area contributed by atoms with Crippen LogP contribution in [0.3, 0.4) is 0 Å². The van der Waals surface area contributed by atoms with Gasteiger partial charge in [0, 0.05) is 11.4 Å². The fraction of sp³-hybridized carbons (Fsp3) is 0.471. The maximum atomic E-state index is 10.8. The second-order valence-electron chi connectivity index (χ2n) is 5.75. The molecule has 0 aliphatic rings. The predicted molar refractivity (Wildman–Crippen MR) is 92.5 cm³/mol. The Morgan fingerprint density at radius 2 is 1.91 bits per heavy atom. The summed E-state index contributed by atoms with van der Waals surface area (Å²) in [6, 6.07) is 7.22. The number of aromatic nitrogens is 1. The van der Waals surface area contributed by atoms with E-state index in [1.54, 1.807) is 12.1 Å². The van der Waals surface area contributed by atoms with Crippen LogP contribution in [0.1, 0.15) is 60.7 Å². The largest absolute Gasteiger partial charge is 0.383 e. The number of nitrogens with zero attached hydrogens (tertiary/aromatic N) is 1. The molecule has 0 amide bonds. The monoisotopic (exact) mass is 385 g/mol. The summed E-state index contributed by atoms with van der Waals surface area (Å²) in [5, 5.41) is 15.7. The summed E-state index contributed by atoms with van der Waals surface area (Å²) in [6.45, 7) is 6.28. The molecular weight excluding hydrogens is 366 g/mol. The normalized spacial score (nSPS) is 14.3. The van der Waals surface area contributed by atoms with E-state index >= 15 is 0 Å². The van der Waals surface area contributed by atoms with Gasteiger partial charge in [-0.15, -0.1) is 0 Å². The van der Waals surface area contributed by atoms with E-state index in [1.807, 2.05) is 12.1 Å². The minimum atomic E-state index is -0.765. The summed E-state index contributed by atoms with van der Waals surface area (Å²) in [7, 11) is 0. The molecule has 1 aromatic heterocycles. The summed E-state index contributed by atoms with van der Waals surface area (Å²) in [4.78, 5) is 0.0406. The summed E-state index contributed by atoms with van der Waals surface area (Å²) >= 11 is 9.59. The lowest BCUT2D eigenvalue weighted by Gasteiger charge is -2.17. The topological polar surface area (TPSA) is 46.3 Å². The van der Waals surface area contributed by atoms with Gasteiger partial charge in [0.25, 0.3) is 0 Å². The van der Waals surface area contributed by atoms with Crippen LogP contribution in [0, 0.1) is 5.92 Å². The molecule has 0 bridgehead atoms.